The number of hydrogen-bond acceptors (Lipinski definition) is 6. The first-order valence-corrected chi connectivity index (χ1v) is 11.0. The van der Waals surface area contributed by atoms with Crippen LogP contribution in [0.1, 0.15) is 44.1 Å². The maximum atomic E-state index is 12.5. The van der Waals surface area contributed by atoms with Crippen LogP contribution in [0.2, 0.25) is 0 Å². The summed E-state index contributed by atoms with van der Waals surface area (Å²) < 4.78 is 16.2. The highest BCUT2D eigenvalue weighted by atomic mass is 16.5. The van der Waals surface area contributed by atoms with Crippen LogP contribution in [0.25, 0.3) is 22.1 Å². The molecule has 3 aromatic rings. The van der Waals surface area contributed by atoms with Crippen LogP contribution < -0.4 is 10.4 Å². The van der Waals surface area contributed by atoms with E-state index >= 15 is 0 Å². The third-order valence-corrected chi connectivity index (χ3v) is 5.12. The van der Waals surface area contributed by atoms with Gasteiger partial charge in [-0.3, -0.25) is 0 Å². The number of fused-ring (bicyclic) bond motifs is 1. The number of aromatic nitrogens is 1. The Labute approximate surface area is 187 Å². The number of carbonyl (C=O) groups is 1. The second-order valence-corrected chi connectivity index (χ2v) is 7.72. The number of rotatable bonds is 12. The molecule has 0 saturated carbocycles. The van der Waals surface area contributed by atoms with Crippen LogP contribution in [0.5, 0.6) is 5.88 Å². The average Bonchev–Trinajstić information content (AvgIpc) is 2.79. The largest absolute Gasteiger partial charge is 0.478 e. The lowest BCUT2D eigenvalue weighted by molar-refractivity contribution is -0.137. The fourth-order valence-electron chi connectivity index (χ4n) is 3.41. The summed E-state index contributed by atoms with van der Waals surface area (Å²) in [4.78, 5) is 27.7. The molecule has 168 valence electrons. The topological polar surface area (TPSA) is 78.6 Å². The molecule has 3 rings (SSSR count). The summed E-state index contributed by atoms with van der Waals surface area (Å²) in [5.74, 6) is 0.0865. The van der Waals surface area contributed by atoms with Gasteiger partial charge in [0.1, 0.15) is 5.58 Å². The van der Waals surface area contributed by atoms with Crippen LogP contribution in [0.4, 0.5) is 0 Å². The fraction of sp³-hybridized carbons (Fsp3) is 0.346. The number of pyridine rings is 1. The number of ether oxygens (including phenoxy) is 2. The number of hydrogen-bond donors (Lipinski definition) is 0. The normalized spacial score (nSPS) is 10.8. The van der Waals surface area contributed by atoms with Crippen molar-refractivity contribution in [1.29, 1.82) is 0 Å². The molecule has 0 amide bonds. The molecule has 6 nitrogen and oxygen atoms in total. The highest BCUT2D eigenvalue weighted by Gasteiger charge is 2.09. The van der Waals surface area contributed by atoms with Gasteiger partial charge in [0.05, 0.1) is 18.8 Å². The van der Waals surface area contributed by atoms with E-state index in [1.54, 1.807) is 12.3 Å². The van der Waals surface area contributed by atoms with Crippen molar-refractivity contribution in [2.24, 2.45) is 0 Å². The second kappa shape index (κ2) is 11.8. The predicted molar refractivity (Wildman–Crippen MR) is 125 cm³/mol. The van der Waals surface area contributed by atoms with Gasteiger partial charge in [0.25, 0.3) is 0 Å². The Hall–Kier alpha value is -3.41. The van der Waals surface area contributed by atoms with Crippen LogP contribution in [0, 0.1) is 6.92 Å². The molecule has 6 heteroatoms. The first kappa shape index (κ1) is 23.3. The van der Waals surface area contributed by atoms with Gasteiger partial charge < -0.3 is 13.9 Å². The van der Waals surface area contributed by atoms with Crippen LogP contribution in [-0.4, -0.2) is 24.2 Å². The summed E-state index contributed by atoms with van der Waals surface area (Å²) >= 11 is 0. The Kier molecular flexibility index (Phi) is 8.61. The predicted octanol–water partition coefficient (Wildman–Crippen LogP) is 5.61. The molecule has 0 unspecified atom stereocenters. The smallest absolute Gasteiger partial charge is 0.344 e. The zero-order chi connectivity index (χ0) is 22.8. The van der Waals surface area contributed by atoms with Crippen molar-refractivity contribution < 1.29 is 18.7 Å². The van der Waals surface area contributed by atoms with Gasteiger partial charge in [-0.1, -0.05) is 62.1 Å². The van der Waals surface area contributed by atoms with E-state index in [0.29, 0.717) is 30.2 Å². The van der Waals surface area contributed by atoms with Gasteiger partial charge in [-0.2, -0.15) is 0 Å². The average molecular weight is 436 g/mol. The molecule has 2 aromatic heterocycles. The minimum Gasteiger partial charge on any atom is -0.478 e. The summed E-state index contributed by atoms with van der Waals surface area (Å²) in [6.45, 7) is 6.36. The van der Waals surface area contributed by atoms with E-state index in [9.17, 15) is 9.59 Å². The molecule has 1 aromatic carbocycles. The van der Waals surface area contributed by atoms with E-state index in [-0.39, 0.29) is 11.6 Å². The van der Waals surface area contributed by atoms with E-state index in [1.165, 1.54) is 6.08 Å². The Balaban J connectivity index is 1.43. The standard InChI is InChI=1S/C26H29NO5/c1-3-25(28)31-14-9-7-5-4-6-8-13-30-24-17-23-21(18-27-24)16-22(26(29)32-23)20-12-10-11-19(2)15-20/h3,10-12,15-18H,1,4-9,13-14H2,2H3. The molecule has 0 atom stereocenters. The van der Waals surface area contributed by atoms with Crippen molar-refractivity contribution in [2.75, 3.05) is 13.2 Å². The summed E-state index contributed by atoms with van der Waals surface area (Å²) in [7, 11) is 0. The molecule has 0 aliphatic rings. The first-order chi connectivity index (χ1) is 15.6. The van der Waals surface area contributed by atoms with Gasteiger partial charge in [-0.05, 0) is 31.4 Å². The lowest BCUT2D eigenvalue weighted by Crippen LogP contribution is -2.04. The van der Waals surface area contributed by atoms with Crippen molar-refractivity contribution in [1.82, 2.24) is 4.98 Å². The summed E-state index contributed by atoms with van der Waals surface area (Å²) in [5, 5.41) is 0.757. The minimum absolute atomic E-state index is 0.365. The Morgan fingerprint density at radius 2 is 1.81 bits per heavy atom. The van der Waals surface area contributed by atoms with Crippen molar-refractivity contribution >= 4 is 16.9 Å². The number of unbranched alkanes of at least 4 members (excludes halogenated alkanes) is 5. The van der Waals surface area contributed by atoms with Gasteiger partial charge in [0.2, 0.25) is 5.88 Å². The fourth-order valence-corrected chi connectivity index (χ4v) is 3.41. The molecule has 0 spiro atoms. The zero-order valence-electron chi connectivity index (χ0n) is 18.5. The van der Waals surface area contributed by atoms with Crippen molar-refractivity contribution in [3.05, 3.63) is 71.2 Å². The van der Waals surface area contributed by atoms with E-state index < -0.39 is 0 Å². The Morgan fingerprint density at radius 1 is 1.06 bits per heavy atom. The minimum atomic E-state index is -0.375. The summed E-state index contributed by atoms with van der Waals surface area (Å²) in [5.41, 5.74) is 2.53. The molecule has 0 N–H and O–H groups in total. The molecular formula is C26H29NO5. The van der Waals surface area contributed by atoms with Crippen molar-refractivity contribution in [3.8, 4) is 17.0 Å². The number of carbonyl (C=O) groups excluding carboxylic acids is 1. The second-order valence-electron chi connectivity index (χ2n) is 7.72. The monoisotopic (exact) mass is 435 g/mol. The molecule has 32 heavy (non-hydrogen) atoms. The van der Waals surface area contributed by atoms with Gasteiger partial charge in [-0.25, -0.2) is 14.6 Å². The number of aryl methyl sites for hydroxylation is 1. The van der Waals surface area contributed by atoms with Gasteiger partial charge in [0.15, 0.2) is 0 Å². The molecule has 2 heterocycles. The Morgan fingerprint density at radius 3 is 2.56 bits per heavy atom. The molecule has 0 saturated heterocycles. The first-order valence-electron chi connectivity index (χ1n) is 11.0. The van der Waals surface area contributed by atoms with Crippen LogP contribution in [0.15, 0.2) is 64.5 Å². The lowest BCUT2D eigenvalue weighted by atomic mass is 10.0. The van der Waals surface area contributed by atoms with Crippen LogP contribution >= 0.6 is 0 Å². The highest BCUT2D eigenvalue weighted by Crippen LogP contribution is 2.23. The number of esters is 1. The molecule has 0 aliphatic carbocycles. The van der Waals surface area contributed by atoms with Crippen molar-refractivity contribution in [3.63, 3.8) is 0 Å². The molecule has 0 fully saturated rings. The zero-order valence-corrected chi connectivity index (χ0v) is 18.5. The van der Waals surface area contributed by atoms with E-state index in [2.05, 4.69) is 11.6 Å². The summed E-state index contributed by atoms with van der Waals surface area (Å²) in [6, 6.07) is 11.2. The molecular weight excluding hydrogens is 406 g/mol. The third kappa shape index (κ3) is 6.80. The molecule has 0 bridgehead atoms. The summed E-state index contributed by atoms with van der Waals surface area (Å²) in [6.07, 6.45) is 8.91. The number of nitrogens with zero attached hydrogens (tertiary/aromatic N) is 1. The Bertz CT molecular complexity index is 1120. The third-order valence-electron chi connectivity index (χ3n) is 5.12. The van der Waals surface area contributed by atoms with Crippen LogP contribution in [-0.2, 0) is 9.53 Å². The van der Waals surface area contributed by atoms with Gasteiger partial charge >= 0.3 is 11.6 Å². The highest BCUT2D eigenvalue weighted by molar-refractivity contribution is 5.82. The van der Waals surface area contributed by atoms with Crippen molar-refractivity contribution in [2.45, 2.75) is 45.4 Å². The maximum Gasteiger partial charge on any atom is 0.344 e. The van der Waals surface area contributed by atoms with E-state index in [0.717, 1.165) is 55.0 Å². The lowest BCUT2D eigenvalue weighted by Gasteiger charge is -2.07. The van der Waals surface area contributed by atoms with E-state index in [1.807, 2.05) is 37.3 Å². The molecule has 0 aliphatic heterocycles. The quantitative estimate of drug-likeness (QED) is 0.209. The molecule has 0 radical (unpaired) electrons. The maximum absolute atomic E-state index is 12.5. The van der Waals surface area contributed by atoms with Crippen LogP contribution in [0.3, 0.4) is 0 Å². The number of benzene rings is 1. The van der Waals surface area contributed by atoms with Gasteiger partial charge in [-0.15, -0.1) is 0 Å². The SMILES string of the molecule is C=CC(=O)OCCCCCCCCOc1cc2oc(=O)c(-c3cccc(C)c3)cc2cn1. The van der Waals surface area contributed by atoms with Gasteiger partial charge in [0, 0.05) is 23.7 Å². The van der Waals surface area contributed by atoms with E-state index in [4.69, 9.17) is 13.9 Å².